The van der Waals surface area contributed by atoms with Gasteiger partial charge in [-0.3, -0.25) is 9.36 Å². The fourth-order valence-electron chi connectivity index (χ4n) is 2.81. The lowest BCUT2D eigenvalue weighted by Crippen LogP contribution is -2.24. The number of fused-ring (bicyclic) bond motifs is 1. The number of hydrogen-bond acceptors (Lipinski definition) is 4. The second-order valence-corrected chi connectivity index (χ2v) is 6.34. The van der Waals surface area contributed by atoms with Crippen molar-refractivity contribution in [3.05, 3.63) is 70.3 Å². The zero-order valence-electron chi connectivity index (χ0n) is 15.1. The molecule has 0 aliphatic heterocycles. The van der Waals surface area contributed by atoms with Crippen LogP contribution in [-0.4, -0.2) is 35.4 Å². The van der Waals surface area contributed by atoms with Crippen LogP contribution in [0.4, 0.5) is 5.69 Å². The maximum Gasteiger partial charge on any atom is 0.261 e. The van der Waals surface area contributed by atoms with Gasteiger partial charge in [-0.1, -0.05) is 30.3 Å². The molecule has 0 aliphatic carbocycles. The lowest BCUT2D eigenvalue weighted by atomic mass is 10.2. The molecule has 3 rings (SSSR count). The monoisotopic (exact) mass is 349 g/mol. The van der Waals surface area contributed by atoms with Gasteiger partial charge in [0.1, 0.15) is 5.82 Å². The van der Waals surface area contributed by atoms with Crippen molar-refractivity contribution in [1.29, 1.82) is 0 Å². The standard InChI is InChI=1S/C21H23N3O2/c1-23(2)17-11-8-16(9-12-17)10-13-20-22-19-7-4-3-6-18(19)21(26)24(20)14-5-15-25/h3-4,6-13,25H,5,14-15H2,1-2H3. The first-order chi connectivity index (χ1) is 12.6. The highest BCUT2D eigenvalue weighted by molar-refractivity contribution is 5.79. The van der Waals surface area contributed by atoms with Crippen molar-refractivity contribution in [2.24, 2.45) is 0 Å². The molecule has 0 saturated carbocycles. The van der Waals surface area contributed by atoms with Crippen LogP contribution in [0.1, 0.15) is 17.8 Å². The molecule has 0 fully saturated rings. The molecule has 0 atom stereocenters. The molecular weight excluding hydrogens is 326 g/mol. The summed E-state index contributed by atoms with van der Waals surface area (Å²) in [6.45, 7) is 0.473. The van der Waals surface area contributed by atoms with Gasteiger partial charge in [0.25, 0.3) is 5.56 Å². The van der Waals surface area contributed by atoms with Gasteiger partial charge in [0, 0.05) is 32.9 Å². The van der Waals surface area contributed by atoms with Crippen molar-refractivity contribution in [1.82, 2.24) is 9.55 Å². The minimum Gasteiger partial charge on any atom is -0.396 e. The smallest absolute Gasteiger partial charge is 0.261 e. The summed E-state index contributed by atoms with van der Waals surface area (Å²) in [6.07, 6.45) is 4.32. The molecule has 26 heavy (non-hydrogen) atoms. The van der Waals surface area contributed by atoms with Gasteiger partial charge in [-0.25, -0.2) is 4.98 Å². The van der Waals surface area contributed by atoms with E-state index in [1.54, 1.807) is 10.6 Å². The Morgan fingerprint density at radius 1 is 1.08 bits per heavy atom. The van der Waals surface area contributed by atoms with E-state index in [2.05, 4.69) is 4.98 Å². The Labute approximate surface area is 152 Å². The highest BCUT2D eigenvalue weighted by Crippen LogP contribution is 2.15. The quantitative estimate of drug-likeness (QED) is 0.743. The van der Waals surface area contributed by atoms with Crippen LogP contribution in [0.15, 0.2) is 53.3 Å². The minimum absolute atomic E-state index is 0.0361. The van der Waals surface area contributed by atoms with Gasteiger partial charge in [-0.2, -0.15) is 0 Å². The summed E-state index contributed by atoms with van der Waals surface area (Å²) in [7, 11) is 4.01. The average Bonchev–Trinajstić information content (AvgIpc) is 2.66. The number of anilines is 1. The molecule has 1 aromatic heterocycles. The van der Waals surface area contributed by atoms with E-state index in [0.717, 1.165) is 11.3 Å². The lowest BCUT2D eigenvalue weighted by Gasteiger charge is -2.12. The number of aliphatic hydroxyl groups is 1. The highest BCUT2D eigenvalue weighted by Gasteiger charge is 2.08. The largest absolute Gasteiger partial charge is 0.396 e. The van der Waals surface area contributed by atoms with Gasteiger partial charge in [-0.05, 0) is 42.3 Å². The molecule has 0 radical (unpaired) electrons. The normalized spacial score (nSPS) is 11.3. The summed E-state index contributed by atoms with van der Waals surface area (Å²) in [5.41, 5.74) is 2.77. The summed E-state index contributed by atoms with van der Waals surface area (Å²) in [4.78, 5) is 19.5. The maximum atomic E-state index is 12.8. The predicted molar refractivity (Wildman–Crippen MR) is 107 cm³/mol. The van der Waals surface area contributed by atoms with E-state index in [1.165, 1.54) is 0 Å². The topological polar surface area (TPSA) is 58.4 Å². The number of benzene rings is 2. The van der Waals surface area contributed by atoms with Crippen molar-refractivity contribution in [3.8, 4) is 0 Å². The molecule has 0 aliphatic rings. The molecule has 0 spiro atoms. The predicted octanol–water partition coefficient (Wildman–Crippen LogP) is 3.02. The molecule has 1 N–H and O–H groups in total. The number of rotatable bonds is 6. The van der Waals surface area contributed by atoms with Gasteiger partial charge in [0.15, 0.2) is 0 Å². The molecular formula is C21H23N3O2. The van der Waals surface area contributed by atoms with Gasteiger partial charge in [0.05, 0.1) is 10.9 Å². The Morgan fingerprint density at radius 2 is 1.81 bits per heavy atom. The third-order valence-corrected chi connectivity index (χ3v) is 4.27. The van der Waals surface area contributed by atoms with Crippen molar-refractivity contribution in [3.63, 3.8) is 0 Å². The second-order valence-electron chi connectivity index (χ2n) is 6.34. The Bertz CT molecular complexity index is 973. The summed E-state index contributed by atoms with van der Waals surface area (Å²) in [6, 6.07) is 15.5. The van der Waals surface area contributed by atoms with E-state index >= 15 is 0 Å². The van der Waals surface area contributed by atoms with E-state index in [1.807, 2.05) is 73.6 Å². The highest BCUT2D eigenvalue weighted by atomic mass is 16.3. The van der Waals surface area contributed by atoms with Crippen LogP contribution >= 0.6 is 0 Å². The van der Waals surface area contributed by atoms with E-state index in [0.29, 0.717) is 29.7 Å². The Morgan fingerprint density at radius 3 is 2.50 bits per heavy atom. The first-order valence-electron chi connectivity index (χ1n) is 8.66. The van der Waals surface area contributed by atoms with Gasteiger partial charge >= 0.3 is 0 Å². The molecule has 0 amide bonds. The van der Waals surface area contributed by atoms with Gasteiger partial charge < -0.3 is 10.0 Å². The third-order valence-electron chi connectivity index (χ3n) is 4.27. The number of nitrogens with zero attached hydrogens (tertiary/aromatic N) is 3. The zero-order valence-corrected chi connectivity index (χ0v) is 15.1. The first-order valence-corrected chi connectivity index (χ1v) is 8.66. The fraction of sp³-hybridized carbons (Fsp3) is 0.238. The van der Waals surface area contributed by atoms with Crippen LogP contribution in [0, 0.1) is 0 Å². The van der Waals surface area contributed by atoms with Crippen LogP contribution in [0.3, 0.4) is 0 Å². The van der Waals surface area contributed by atoms with E-state index in [4.69, 9.17) is 5.11 Å². The molecule has 5 nitrogen and oxygen atoms in total. The molecule has 0 saturated heterocycles. The third kappa shape index (κ3) is 3.83. The Hall–Kier alpha value is -2.92. The Balaban J connectivity index is 2.00. The average molecular weight is 349 g/mol. The number of aromatic nitrogens is 2. The van der Waals surface area contributed by atoms with Crippen LogP contribution in [0.5, 0.6) is 0 Å². The number of aliphatic hydroxyl groups excluding tert-OH is 1. The molecule has 0 bridgehead atoms. The molecule has 5 heteroatoms. The second kappa shape index (κ2) is 7.97. The SMILES string of the molecule is CN(C)c1ccc(C=Cc2nc3ccccc3c(=O)n2CCCO)cc1. The van der Waals surface area contributed by atoms with Crippen LogP contribution < -0.4 is 10.5 Å². The summed E-state index contributed by atoms with van der Waals surface area (Å²) < 4.78 is 1.63. The molecule has 0 unspecified atom stereocenters. The summed E-state index contributed by atoms with van der Waals surface area (Å²) in [5, 5.41) is 9.74. The molecule has 1 heterocycles. The lowest BCUT2D eigenvalue weighted by molar-refractivity contribution is 0.278. The zero-order chi connectivity index (χ0) is 18.5. The number of para-hydroxylation sites is 1. The van der Waals surface area contributed by atoms with Gasteiger partial charge in [0.2, 0.25) is 0 Å². The molecule has 2 aromatic carbocycles. The van der Waals surface area contributed by atoms with Crippen molar-refractivity contribution >= 4 is 28.7 Å². The molecule has 3 aromatic rings. The van der Waals surface area contributed by atoms with Crippen LogP contribution in [0.25, 0.3) is 23.1 Å². The van der Waals surface area contributed by atoms with Crippen molar-refractivity contribution < 1.29 is 5.11 Å². The number of hydrogen-bond donors (Lipinski definition) is 1. The van der Waals surface area contributed by atoms with Crippen LogP contribution in [-0.2, 0) is 6.54 Å². The summed E-state index contributed by atoms with van der Waals surface area (Å²) >= 11 is 0. The fourth-order valence-corrected chi connectivity index (χ4v) is 2.81. The minimum atomic E-state index is -0.0772. The first kappa shape index (κ1) is 17.9. The van der Waals surface area contributed by atoms with Gasteiger partial charge in [-0.15, -0.1) is 0 Å². The van der Waals surface area contributed by atoms with Crippen LogP contribution in [0.2, 0.25) is 0 Å². The van der Waals surface area contributed by atoms with E-state index in [-0.39, 0.29) is 12.2 Å². The molecule has 134 valence electrons. The Kier molecular flexibility index (Phi) is 5.49. The summed E-state index contributed by atoms with van der Waals surface area (Å²) in [5.74, 6) is 0.596. The van der Waals surface area contributed by atoms with E-state index in [9.17, 15) is 4.79 Å². The van der Waals surface area contributed by atoms with Crippen molar-refractivity contribution in [2.45, 2.75) is 13.0 Å². The maximum absolute atomic E-state index is 12.8. The van der Waals surface area contributed by atoms with E-state index < -0.39 is 0 Å². The van der Waals surface area contributed by atoms with Crippen molar-refractivity contribution in [2.75, 3.05) is 25.6 Å².